The van der Waals surface area contributed by atoms with Gasteiger partial charge in [-0.15, -0.1) is 31.7 Å². The molecule has 0 radical (unpaired) electrons. The van der Waals surface area contributed by atoms with Crippen LogP contribution < -0.4 is 0 Å². The Balaban J connectivity index is 1.80. The van der Waals surface area contributed by atoms with E-state index in [0.717, 1.165) is 22.4 Å². The van der Waals surface area contributed by atoms with E-state index in [1.807, 2.05) is 11.4 Å². The van der Waals surface area contributed by atoms with E-state index in [0.29, 0.717) is 17.5 Å². The smallest absolute Gasteiger partial charge is 0.226 e. The van der Waals surface area contributed by atoms with Crippen molar-refractivity contribution < 1.29 is 4.42 Å². The maximum absolute atomic E-state index is 5.36. The van der Waals surface area contributed by atoms with Gasteiger partial charge < -0.3 is 8.98 Å². The van der Waals surface area contributed by atoms with Crippen LogP contribution in [-0.2, 0) is 12.3 Å². The number of thiophene rings is 1. The van der Waals surface area contributed by atoms with Crippen molar-refractivity contribution in [2.75, 3.05) is 0 Å². The van der Waals surface area contributed by atoms with Crippen molar-refractivity contribution >= 4 is 23.1 Å². The Morgan fingerprint density at radius 3 is 2.85 bits per heavy atom. The molecule has 3 aromatic heterocycles. The zero-order chi connectivity index (χ0) is 13.9. The molecule has 0 amide bonds. The van der Waals surface area contributed by atoms with Crippen LogP contribution in [0.1, 0.15) is 18.7 Å². The van der Waals surface area contributed by atoms with Crippen molar-refractivity contribution in [3.8, 4) is 10.7 Å². The van der Waals surface area contributed by atoms with Gasteiger partial charge in [-0.25, -0.2) is 0 Å². The Morgan fingerprint density at radius 2 is 2.20 bits per heavy atom. The van der Waals surface area contributed by atoms with Crippen LogP contribution in [0, 0.1) is 6.92 Å². The summed E-state index contributed by atoms with van der Waals surface area (Å²) >= 11 is 3.22. The van der Waals surface area contributed by atoms with Crippen molar-refractivity contribution in [3.63, 3.8) is 0 Å². The minimum Gasteiger partial charge on any atom is -0.425 e. The molecule has 3 rings (SSSR count). The summed E-state index contributed by atoms with van der Waals surface area (Å²) in [4.78, 5) is 1.12. The monoisotopic (exact) mass is 307 g/mol. The molecular weight excluding hydrogens is 294 g/mol. The molecule has 104 valence electrons. The molecule has 0 spiro atoms. The van der Waals surface area contributed by atoms with Crippen LogP contribution in [0.4, 0.5) is 0 Å². The standard InChI is InChI=1S/C12H13N5OS2/c1-3-17-11(9-5-4-6-19-9)15-16-12(17)20-7-10-14-13-8(2)18-10/h4-6H,3,7H2,1-2H3. The molecule has 0 saturated heterocycles. The number of nitrogens with zero attached hydrogens (tertiary/aromatic N) is 5. The Labute approximate surface area is 124 Å². The maximum atomic E-state index is 5.36. The van der Waals surface area contributed by atoms with Crippen LogP contribution in [0.25, 0.3) is 10.7 Å². The lowest BCUT2D eigenvalue weighted by molar-refractivity contribution is 0.485. The maximum Gasteiger partial charge on any atom is 0.226 e. The zero-order valence-corrected chi connectivity index (χ0v) is 12.7. The average Bonchev–Trinajstić information content (AvgIpc) is 3.16. The topological polar surface area (TPSA) is 69.6 Å². The number of hydrogen-bond donors (Lipinski definition) is 0. The molecular formula is C12H13N5OS2. The predicted octanol–water partition coefficient (Wildman–Crippen LogP) is 3.01. The first kappa shape index (κ1) is 13.3. The van der Waals surface area contributed by atoms with Crippen LogP contribution in [0.15, 0.2) is 27.1 Å². The molecule has 0 atom stereocenters. The van der Waals surface area contributed by atoms with Crippen LogP contribution >= 0.6 is 23.1 Å². The highest BCUT2D eigenvalue weighted by Crippen LogP contribution is 2.28. The zero-order valence-electron chi connectivity index (χ0n) is 11.1. The molecule has 0 fully saturated rings. The van der Waals surface area contributed by atoms with Crippen molar-refractivity contribution in [2.45, 2.75) is 31.3 Å². The highest BCUT2D eigenvalue weighted by Gasteiger charge is 2.14. The summed E-state index contributed by atoms with van der Waals surface area (Å²) in [5.41, 5.74) is 0. The molecule has 0 saturated carbocycles. The third-order valence-electron chi connectivity index (χ3n) is 2.67. The van der Waals surface area contributed by atoms with Gasteiger partial charge in [-0.05, 0) is 18.4 Å². The second kappa shape index (κ2) is 5.76. The summed E-state index contributed by atoms with van der Waals surface area (Å²) in [6.45, 7) is 4.69. The fourth-order valence-corrected chi connectivity index (χ4v) is 3.35. The Hall–Kier alpha value is -1.67. The molecule has 3 aromatic rings. The van der Waals surface area contributed by atoms with E-state index in [9.17, 15) is 0 Å². The van der Waals surface area contributed by atoms with Gasteiger partial charge in [0.1, 0.15) is 0 Å². The second-order valence-corrected chi connectivity index (χ2v) is 5.92. The summed E-state index contributed by atoms with van der Waals surface area (Å²) in [5, 5.41) is 19.2. The van der Waals surface area contributed by atoms with Gasteiger partial charge in [0.2, 0.25) is 11.8 Å². The van der Waals surface area contributed by atoms with Gasteiger partial charge in [0.15, 0.2) is 11.0 Å². The fourth-order valence-electron chi connectivity index (χ4n) is 1.79. The lowest BCUT2D eigenvalue weighted by Gasteiger charge is -2.04. The van der Waals surface area contributed by atoms with Crippen molar-refractivity contribution in [3.05, 3.63) is 29.3 Å². The first-order valence-electron chi connectivity index (χ1n) is 6.16. The Bertz CT molecular complexity index is 689. The first-order chi connectivity index (χ1) is 9.78. The highest BCUT2D eigenvalue weighted by molar-refractivity contribution is 7.98. The molecule has 0 aromatic carbocycles. The number of aryl methyl sites for hydroxylation is 1. The molecule has 0 unspecified atom stereocenters. The van der Waals surface area contributed by atoms with Gasteiger partial charge in [0, 0.05) is 13.5 Å². The molecule has 8 heteroatoms. The van der Waals surface area contributed by atoms with E-state index in [4.69, 9.17) is 4.42 Å². The van der Waals surface area contributed by atoms with Crippen LogP contribution in [0.3, 0.4) is 0 Å². The van der Waals surface area contributed by atoms with Gasteiger partial charge in [-0.1, -0.05) is 17.8 Å². The largest absolute Gasteiger partial charge is 0.425 e. The predicted molar refractivity (Wildman–Crippen MR) is 77.6 cm³/mol. The molecule has 0 N–H and O–H groups in total. The summed E-state index contributed by atoms with van der Waals surface area (Å²) in [7, 11) is 0. The highest BCUT2D eigenvalue weighted by atomic mass is 32.2. The molecule has 0 aliphatic carbocycles. The van der Waals surface area contributed by atoms with Crippen LogP contribution in [-0.4, -0.2) is 25.0 Å². The van der Waals surface area contributed by atoms with E-state index in [1.165, 1.54) is 0 Å². The molecule has 0 aliphatic rings. The fraction of sp³-hybridized carbons (Fsp3) is 0.333. The Morgan fingerprint density at radius 1 is 1.30 bits per heavy atom. The molecule has 6 nitrogen and oxygen atoms in total. The molecule has 3 heterocycles. The summed E-state index contributed by atoms with van der Waals surface area (Å²) in [5.74, 6) is 2.70. The third-order valence-corrected chi connectivity index (χ3v) is 4.48. The quantitative estimate of drug-likeness (QED) is 0.675. The lowest BCUT2D eigenvalue weighted by Crippen LogP contribution is -1.99. The number of hydrogen-bond acceptors (Lipinski definition) is 7. The molecule has 0 aliphatic heterocycles. The third kappa shape index (κ3) is 2.61. The summed E-state index contributed by atoms with van der Waals surface area (Å²) in [6, 6.07) is 4.07. The molecule has 20 heavy (non-hydrogen) atoms. The van der Waals surface area contributed by atoms with E-state index in [-0.39, 0.29) is 0 Å². The van der Waals surface area contributed by atoms with E-state index in [2.05, 4.69) is 38.0 Å². The number of rotatable bonds is 5. The van der Waals surface area contributed by atoms with E-state index < -0.39 is 0 Å². The Kier molecular flexibility index (Phi) is 3.83. The normalized spacial score (nSPS) is 11.1. The summed E-state index contributed by atoms with van der Waals surface area (Å²) in [6.07, 6.45) is 0. The minimum atomic E-state index is 0.580. The van der Waals surface area contributed by atoms with E-state index in [1.54, 1.807) is 30.0 Å². The SMILES string of the molecule is CCn1c(SCc2nnc(C)o2)nnc1-c1cccs1. The van der Waals surface area contributed by atoms with Gasteiger partial charge >= 0.3 is 0 Å². The lowest BCUT2D eigenvalue weighted by atomic mass is 10.4. The van der Waals surface area contributed by atoms with Crippen molar-refractivity contribution in [1.29, 1.82) is 0 Å². The van der Waals surface area contributed by atoms with Gasteiger partial charge in [0.05, 0.1) is 10.6 Å². The minimum absolute atomic E-state index is 0.580. The summed E-state index contributed by atoms with van der Waals surface area (Å²) < 4.78 is 7.46. The number of aromatic nitrogens is 5. The van der Waals surface area contributed by atoms with Gasteiger partial charge in [-0.3, -0.25) is 0 Å². The van der Waals surface area contributed by atoms with Crippen LogP contribution in [0.2, 0.25) is 0 Å². The van der Waals surface area contributed by atoms with Gasteiger partial charge in [0.25, 0.3) is 0 Å². The van der Waals surface area contributed by atoms with Gasteiger partial charge in [-0.2, -0.15) is 0 Å². The van der Waals surface area contributed by atoms with Crippen molar-refractivity contribution in [2.24, 2.45) is 0 Å². The van der Waals surface area contributed by atoms with Crippen molar-refractivity contribution in [1.82, 2.24) is 25.0 Å². The van der Waals surface area contributed by atoms with E-state index >= 15 is 0 Å². The van der Waals surface area contributed by atoms with Crippen LogP contribution in [0.5, 0.6) is 0 Å². The number of thioether (sulfide) groups is 1. The second-order valence-electron chi connectivity index (χ2n) is 4.03. The molecule has 0 bridgehead atoms. The first-order valence-corrected chi connectivity index (χ1v) is 8.03. The average molecular weight is 307 g/mol.